The predicted octanol–water partition coefficient (Wildman–Crippen LogP) is 0.212. The molecule has 0 radical (unpaired) electrons. The molecule has 1 aliphatic heterocycles. The van der Waals surface area contributed by atoms with Crippen LogP contribution in [0.3, 0.4) is 0 Å². The summed E-state index contributed by atoms with van der Waals surface area (Å²) >= 11 is 0. The van der Waals surface area contributed by atoms with Crippen LogP contribution in [0.25, 0.3) is 0 Å². The second-order valence-electron chi connectivity index (χ2n) is 1.80. The molecular weight excluding hydrogens is 90.1 g/mol. The van der Waals surface area contributed by atoms with Crippen molar-refractivity contribution in [2.45, 2.75) is 19.4 Å². The molecule has 0 fully saturated rings. The fourth-order valence-corrected chi connectivity index (χ4v) is 0.582. The molecule has 0 aliphatic carbocycles. The Bertz CT molecular complexity index is 96.3. The van der Waals surface area contributed by atoms with Gasteiger partial charge in [-0.15, -0.1) is 0 Å². The zero-order valence-corrected chi connectivity index (χ0v) is 4.39. The van der Waals surface area contributed by atoms with Crippen LogP contribution in [0, 0.1) is 0 Å². The highest BCUT2D eigenvalue weighted by molar-refractivity contribution is 5.91. The van der Waals surface area contributed by atoms with Crippen molar-refractivity contribution in [1.29, 1.82) is 0 Å². The second-order valence-corrected chi connectivity index (χ2v) is 1.80. The lowest BCUT2D eigenvalue weighted by Crippen LogP contribution is -2.24. The third-order valence-corrected chi connectivity index (χ3v) is 1.17. The molecule has 7 heavy (non-hydrogen) atoms. The average Bonchev–Trinajstić information content (AvgIpc) is 1.23. The summed E-state index contributed by atoms with van der Waals surface area (Å²) in [6.45, 7) is 2.66. The van der Waals surface area contributed by atoms with E-state index in [1.807, 2.05) is 0 Å². The van der Waals surface area contributed by atoms with Gasteiger partial charge in [0.25, 0.3) is 0 Å². The smallest absolute Gasteiger partial charge is 0.0889 e. The van der Waals surface area contributed by atoms with Gasteiger partial charge in [-0.25, -0.2) is 0 Å². The van der Waals surface area contributed by atoms with Crippen LogP contribution in [0.15, 0.2) is 4.99 Å². The second kappa shape index (κ2) is 1.62. The molecule has 0 amide bonds. The average molecular weight is 99.1 g/mol. The first-order chi connectivity index (χ1) is 3.30. The number of aliphatic imine (C=N–C) groups is 1. The van der Waals surface area contributed by atoms with Crippen LogP contribution in [0.4, 0.5) is 0 Å². The Morgan fingerprint density at radius 1 is 1.86 bits per heavy atom. The maximum Gasteiger partial charge on any atom is 0.0889 e. The van der Waals surface area contributed by atoms with E-state index in [9.17, 15) is 0 Å². The topological polar surface area (TPSA) is 32.6 Å². The monoisotopic (exact) mass is 99.1 g/mol. The molecule has 1 rings (SSSR count). The Morgan fingerprint density at radius 3 is 2.43 bits per heavy atom. The molecule has 0 saturated heterocycles. The van der Waals surface area contributed by atoms with Gasteiger partial charge in [0.1, 0.15) is 0 Å². The van der Waals surface area contributed by atoms with Crippen molar-refractivity contribution in [2.24, 2.45) is 4.99 Å². The molecule has 40 valence electrons. The molecule has 0 aromatic carbocycles. The van der Waals surface area contributed by atoms with Crippen LogP contribution in [0.5, 0.6) is 0 Å². The number of hydrogen-bond donors (Lipinski definition) is 1. The van der Waals surface area contributed by atoms with Crippen molar-refractivity contribution in [3.05, 3.63) is 0 Å². The normalized spacial score (nSPS) is 22.9. The van der Waals surface area contributed by atoms with Crippen molar-refractivity contribution >= 4 is 5.71 Å². The van der Waals surface area contributed by atoms with E-state index in [1.165, 1.54) is 0 Å². The number of rotatable bonds is 1. The van der Waals surface area contributed by atoms with Crippen molar-refractivity contribution in [2.75, 3.05) is 6.54 Å². The largest absolute Gasteiger partial charge is 0.387 e. The lowest BCUT2D eigenvalue weighted by molar-refractivity contribution is 0.256. The molecule has 1 aliphatic rings. The van der Waals surface area contributed by atoms with Crippen LogP contribution >= 0.6 is 0 Å². The van der Waals surface area contributed by atoms with E-state index in [0.717, 1.165) is 18.7 Å². The summed E-state index contributed by atoms with van der Waals surface area (Å²) < 4.78 is 0. The molecule has 0 saturated carbocycles. The van der Waals surface area contributed by atoms with Gasteiger partial charge >= 0.3 is 0 Å². The fraction of sp³-hybridized carbons (Fsp3) is 0.800. The lowest BCUT2D eigenvalue weighted by atomic mass is 10.1. The first-order valence-corrected chi connectivity index (χ1v) is 2.52. The van der Waals surface area contributed by atoms with Gasteiger partial charge in [-0.05, 0) is 6.92 Å². The summed E-state index contributed by atoms with van der Waals surface area (Å²) in [6.07, 6.45) is 0.700. The summed E-state index contributed by atoms with van der Waals surface area (Å²) in [6, 6.07) is 0. The van der Waals surface area contributed by atoms with E-state index in [4.69, 9.17) is 5.11 Å². The zero-order chi connectivity index (χ0) is 5.28. The number of nitrogens with zero attached hydrogens (tertiary/aromatic N) is 1. The van der Waals surface area contributed by atoms with Crippen LogP contribution in [0.1, 0.15) is 13.3 Å². The Kier molecular flexibility index (Phi) is 1.11. The van der Waals surface area contributed by atoms with Crippen molar-refractivity contribution in [3.63, 3.8) is 0 Å². The minimum Gasteiger partial charge on any atom is -0.387 e. The van der Waals surface area contributed by atoms with Gasteiger partial charge < -0.3 is 5.11 Å². The summed E-state index contributed by atoms with van der Waals surface area (Å²) in [7, 11) is 0. The molecular formula is C5H9NO. The number of aliphatic hydroxyl groups is 1. The molecule has 0 bridgehead atoms. The molecule has 1 unspecified atom stereocenters. The fourth-order valence-electron chi connectivity index (χ4n) is 0.582. The van der Waals surface area contributed by atoms with Gasteiger partial charge in [0.2, 0.25) is 0 Å². The molecule has 1 atom stereocenters. The highest BCUT2D eigenvalue weighted by Gasteiger charge is 2.11. The molecule has 2 nitrogen and oxygen atoms in total. The van der Waals surface area contributed by atoms with E-state index in [-0.39, 0.29) is 6.10 Å². The van der Waals surface area contributed by atoms with Gasteiger partial charge in [-0.1, -0.05) is 0 Å². The Morgan fingerprint density at radius 2 is 2.43 bits per heavy atom. The maximum atomic E-state index is 8.74. The van der Waals surface area contributed by atoms with Gasteiger partial charge in [0, 0.05) is 18.7 Å². The first-order valence-electron chi connectivity index (χ1n) is 2.52. The van der Waals surface area contributed by atoms with E-state index in [1.54, 1.807) is 6.92 Å². The minimum atomic E-state index is -0.297. The number of hydrogen-bond acceptors (Lipinski definition) is 2. The van der Waals surface area contributed by atoms with E-state index in [0.29, 0.717) is 0 Å². The standard InChI is InChI=1S/C5H9NO/c1-4(7)5-2-3-6-5/h4,7H,2-3H2,1H3. The van der Waals surface area contributed by atoms with Gasteiger partial charge in [0.05, 0.1) is 6.10 Å². The minimum absolute atomic E-state index is 0.297. The summed E-state index contributed by atoms with van der Waals surface area (Å²) in [5.74, 6) is 0. The Hall–Kier alpha value is -0.370. The van der Waals surface area contributed by atoms with Crippen molar-refractivity contribution in [3.8, 4) is 0 Å². The molecule has 1 heterocycles. The maximum absolute atomic E-state index is 8.74. The van der Waals surface area contributed by atoms with Gasteiger partial charge in [-0.2, -0.15) is 0 Å². The zero-order valence-electron chi connectivity index (χ0n) is 4.39. The lowest BCUT2D eigenvalue weighted by Gasteiger charge is -2.14. The quantitative estimate of drug-likeness (QED) is 0.501. The molecule has 0 spiro atoms. The summed E-state index contributed by atoms with van der Waals surface area (Å²) in [4.78, 5) is 3.94. The van der Waals surface area contributed by atoms with Gasteiger partial charge in [-0.3, -0.25) is 4.99 Å². The number of aliphatic hydroxyl groups excluding tert-OH is 1. The molecule has 0 aromatic heterocycles. The highest BCUT2D eigenvalue weighted by Crippen LogP contribution is 2.03. The molecule has 1 N–H and O–H groups in total. The van der Waals surface area contributed by atoms with Crippen LogP contribution in [-0.2, 0) is 0 Å². The predicted molar refractivity (Wildman–Crippen MR) is 28.6 cm³/mol. The third-order valence-electron chi connectivity index (χ3n) is 1.17. The highest BCUT2D eigenvalue weighted by atomic mass is 16.3. The van der Waals surface area contributed by atoms with E-state index >= 15 is 0 Å². The van der Waals surface area contributed by atoms with Crippen LogP contribution in [0.2, 0.25) is 0 Å². The van der Waals surface area contributed by atoms with Crippen molar-refractivity contribution < 1.29 is 5.11 Å². The van der Waals surface area contributed by atoms with Crippen LogP contribution in [-0.4, -0.2) is 23.5 Å². The van der Waals surface area contributed by atoms with E-state index in [2.05, 4.69) is 4.99 Å². The SMILES string of the molecule is CC(O)C1=NCC1. The summed E-state index contributed by atoms with van der Waals surface area (Å²) in [5.41, 5.74) is 0.958. The Labute approximate surface area is 42.9 Å². The first kappa shape index (κ1) is 4.78. The Balaban J connectivity index is 2.40. The summed E-state index contributed by atoms with van der Waals surface area (Å²) in [5, 5.41) is 8.74. The third kappa shape index (κ3) is 0.800. The van der Waals surface area contributed by atoms with Crippen molar-refractivity contribution in [1.82, 2.24) is 0 Å². The van der Waals surface area contributed by atoms with E-state index < -0.39 is 0 Å². The van der Waals surface area contributed by atoms with Crippen LogP contribution < -0.4 is 0 Å². The molecule has 0 aromatic rings. The van der Waals surface area contributed by atoms with Gasteiger partial charge in [0.15, 0.2) is 0 Å². The molecule has 2 heteroatoms.